The van der Waals surface area contributed by atoms with Crippen LogP contribution in [0.5, 0.6) is 0 Å². The van der Waals surface area contributed by atoms with Crippen LogP contribution in [-0.2, 0) is 11.8 Å². The first-order chi connectivity index (χ1) is 12.5. The molecule has 132 valence electrons. The normalized spacial score (nSPS) is 10.5. The zero-order valence-electron chi connectivity index (χ0n) is 14.0. The van der Waals surface area contributed by atoms with E-state index in [1.54, 1.807) is 55.6 Å². The van der Waals surface area contributed by atoms with Crippen molar-refractivity contribution in [3.8, 4) is 0 Å². The number of aromatic nitrogens is 1. The smallest absolute Gasteiger partial charge is 0.252 e. The largest absolute Gasteiger partial charge is 0.343 e. The molecule has 0 aliphatic heterocycles. The van der Waals surface area contributed by atoms with Gasteiger partial charge in [-0.3, -0.25) is 14.4 Å². The Morgan fingerprint density at radius 3 is 2.50 bits per heavy atom. The van der Waals surface area contributed by atoms with Crippen molar-refractivity contribution in [1.82, 2.24) is 9.88 Å². The van der Waals surface area contributed by atoms with Gasteiger partial charge in [-0.25, -0.2) is 0 Å². The molecular formula is C19H16BrN3O3. The van der Waals surface area contributed by atoms with Gasteiger partial charge in [0.05, 0.1) is 17.6 Å². The first-order valence-electron chi connectivity index (χ1n) is 7.88. The van der Waals surface area contributed by atoms with Crippen LogP contribution in [0.3, 0.4) is 0 Å². The summed E-state index contributed by atoms with van der Waals surface area (Å²) in [6.07, 6.45) is 0. The number of hydrogen-bond donors (Lipinski definition) is 2. The number of para-hydroxylation sites is 1. The van der Waals surface area contributed by atoms with Crippen molar-refractivity contribution >= 4 is 44.3 Å². The van der Waals surface area contributed by atoms with Crippen LogP contribution in [0.4, 0.5) is 5.69 Å². The summed E-state index contributed by atoms with van der Waals surface area (Å²) < 4.78 is 2.38. The standard InChI is InChI=1S/C19H16BrN3O3/c1-23-16-5-3-2-4-14(16)15(10-18(23)25)19(26)21-11-17(24)22-13-8-6-12(20)7-9-13/h2-10H,11H2,1H3,(H,21,26)(H,22,24). The third kappa shape index (κ3) is 3.83. The second-order valence-electron chi connectivity index (χ2n) is 5.71. The van der Waals surface area contributed by atoms with Gasteiger partial charge in [-0.15, -0.1) is 0 Å². The Labute approximate surface area is 158 Å². The molecule has 2 aromatic carbocycles. The molecule has 26 heavy (non-hydrogen) atoms. The molecule has 7 heteroatoms. The molecule has 0 aliphatic rings. The summed E-state index contributed by atoms with van der Waals surface area (Å²) in [6, 6.07) is 15.5. The summed E-state index contributed by atoms with van der Waals surface area (Å²) in [7, 11) is 1.65. The molecule has 1 aromatic heterocycles. The quantitative estimate of drug-likeness (QED) is 0.689. The summed E-state index contributed by atoms with van der Waals surface area (Å²) in [5.41, 5.74) is 1.25. The van der Waals surface area contributed by atoms with E-state index in [0.717, 1.165) is 4.47 Å². The monoisotopic (exact) mass is 413 g/mol. The Morgan fingerprint density at radius 2 is 1.77 bits per heavy atom. The number of amides is 2. The highest BCUT2D eigenvalue weighted by Crippen LogP contribution is 2.16. The molecule has 0 atom stereocenters. The number of rotatable bonds is 4. The fourth-order valence-corrected chi connectivity index (χ4v) is 2.86. The number of nitrogens with one attached hydrogen (secondary N) is 2. The van der Waals surface area contributed by atoms with E-state index in [9.17, 15) is 14.4 Å². The first kappa shape index (κ1) is 17.9. The van der Waals surface area contributed by atoms with Crippen molar-refractivity contribution in [2.24, 2.45) is 7.05 Å². The zero-order valence-corrected chi connectivity index (χ0v) is 15.5. The van der Waals surface area contributed by atoms with E-state index >= 15 is 0 Å². The highest BCUT2D eigenvalue weighted by Gasteiger charge is 2.14. The molecular weight excluding hydrogens is 398 g/mol. The summed E-state index contributed by atoms with van der Waals surface area (Å²) in [5.74, 6) is -0.821. The lowest BCUT2D eigenvalue weighted by atomic mass is 10.1. The molecule has 0 saturated carbocycles. The maximum absolute atomic E-state index is 12.5. The van der Waals surface area contributed by atoms with E-state index in [-0.39, 0.29) is 23.6 Å². The number of pyridine rings is 1. The topological polar surface area (TPSA) is 80.2 Å². The molecule has 0 aliphatic carbocycles. The lowest BCUT2D eigenvalue weighted by Gasteiger charge is -2.11. The zero-order chi connectivity index (χ0) is 18.7. The molecule has 2 amide bonds. The molecule has 0 bridgehead atoms. The number of fused-ring (bicyclic) bond motifs is 1. The van der Waals surface area contributed by atoms with Gasteiger partial charge in [0, 0.05) is 28.7 Å². The predicted octanol–water partition coefficient (Wildman–Crippen LogP) is 2.67. The maximum atomic E-state index is 12.5. The molecule has 1 heterocycles. The average Bonchev–Trinajstić information content (AvgIpc) is 2.64. The lowest BCUT2D eigenvalue weighted by Crippen LogP contribution is -2.34. The highest BCUT2D eigenvalue weighted by atomic mass is 79.9. The molecule has 0 fully saturated rings. The molecule has 0 radical (unpaired) electrons. The molecule has 2 N–H and O–H groups in total. The van der Waals surface area contributed by atoms with Crippen LogP contribution in [0, 0.1) is 0 Å². The molecule has 3 aromatic rings. The summed E-state index contributed by atoms with van der Waals surface area (Å²) in [6.45, 7) is -0.196. The number of hydrogen-bond acceptors (Lipinski definition) is 3. The Morgan fingerprint density at radius 1 is 1.08 bits per heavy atom. The van der Waals surface area contributed by atoms with Crippen LogP contribution in [0.25, 0.3) is 10.9 Å². The van der Waals surface area contributed by atoms with E-state index in [4.69, 9.17) is 0 Å². The van der Waals surface area contributed by atoms with Crippen LogP contribution < -0.4 is 16.2 Å². The molecule has 3 rings (SSSR count). The third-order valence-electron chi connectivity index (χ3n) is 3.94. The number of anilines is 1. The van der Waals surface area contributed by atoms with Gasteiger partial charge < -0.3 is 15.2 Å². The lowest BCUT2D eigenvalue weighted by molar-refractivity contribution is -0.115. The Bertz CT molecular complexity index is 1040. The number of carbonyl (C=O) groups excluding carboxylic acids is 2. The summed E-state index contributed by atoms with van der Waals surface area (Å²) >= 11 is 3.32. The van der Waals surface area contributed by atoms with Gasteiger partial charge in [0.1, 0.15) is 0 Å². The molecule has 0 saturated heterocycles. The fourth-order valence-electron chi connectivity index (χ4n) is 2.59. The van der Waals surface area contributed by atoms with Gasteiger partial charge >= 0.3 is 0 Å². The second-order valence-corrected chi connectivity index (χ2v) is 6.63. The van der Waals surface area contributed by atoms with E-state index in [2.05, 4.69) is 26.6 Å². The van der Waals surface area contributed by atoms with Gasteiger partial charge in [0.25, 0.3) is 11.5 Å². The molecule has 6 nitrogen and oxygen atoms in total. The Kier molecular flexibility index (Phi) is 5.18. The minimum atomic E-state index is -0.468. The number of aryl methyl sites for hydroxylation is 1. The minimum absolute atomic E-state index is 0.196. The molecule has 0 unspecified atom stereocenters. The van der Waals surface area contributed by atoms with Gasteiger partial charge in [0.15, 0.2) is 0 Å². The Balaban J connectivity index is 1.73. The number of carbonyl (C=O) groups is 2. The fraction of sp³-hybridized carbons (Fsp3) is 0.105. The van der Waals surface area contributed by atoms with Gasteiger partial charge in [-0.1, -0.05) is 34.1 Å². The van der Waals surface area contributed by atoms with Crippen LogP contribution in [0.1, 0.15) is 10.4 Å². The van der Waals surface area contributed by atoms with E-state index in [1.807, 2.05) is 0 Å². The van der Waals surface area contributed by atoms with Crippen molar-refractivity contribution < 1.29 is 9.59 Å². The van der Waals surface area contributed by atoms with E-state index in [1.165, 1.54) is 10.6 Å². The van der Waals surface area contributed by atoms with Crippen LogP contribution in [0.15, 0.2) is 63.9 Å². The average molecular weight is 414 g/mol. The SMILES string of the molecule is Cn1c(=O)cc(C(=O)NCC(=O)Nc2ccc(Br)cc2)c2ccccc21. The Hall–Kier alpha value is -2.93. The van der Waals surface area contributed by atoms with Crippen molar-refractivity contribution in [3.05, 3.63) is 75.0 Å². The maximum Gasteiger partial charge on any atom is 0.252 e. The van der Waals surface area contributed by atoms with Gasteiger partial charge in [0.2, 0.25) is 5.91 Å². The third-order valence-corrected chi connectivity index (χ3v) is 4.46. The number of benzene rings is 2. The van der Waals surface area contributed by atoms with Gasteiger partial charge in [-0.05, 0) is 30.3 Å². The summed E-state index contributed by atoms with van der Waals surface area (Å²) in [4.78, 5) is 36.6. The van der Waals surface area contributed by atoms with Crippen molar-refractivity contribution in [1.29, 1.82) is 0 Å². The summed E-state index contributed by atoms with van der Waals surface area (Å²) in [5, 5.41) is 5.91. The van der Waals surface area contributed by atoms with E-state index in [0.29, 0.717) is 16.6 Å². The number of nitrogens with zero attached hydrogens (tertiary/aromatic N) is 1. The molecule has 0 spiro atoms. The predicted molar refractivity (Wildman–Crippen MR) is 104 cm³/mol. The second kappa shape index (κ2) is 7.53. The van der Waals surface area contributed by atoms with Crippen LogP contribution in [-0.4, -0.2) is 22.9 Å². The highest BCUT2D eigenvalue weighted by molar-refractivity contribution is 9.10. The van der Waals surface area contributed by atoms with Crippen molar-refractivity contribution in [2.75, 3.05) is 11.9 Å². The van der Waals surface area contributed by atoms with E-state index < -0.39 is 5.91 Å². The minimum Gasteiger partial charge on any atom is -0.343 e. The number of halogens is 1. The van der Waals surface area contributed by atoms with Crippen molar-refractivity contribution in [3.63, 3.8) is 0 Å². The van der Waals surface area contributed by atoms with Crippen LogP contribution in [0.2, 0.25) is 0 Å². The van der Waals surface area contributed by atoms with Crippen molar-refractivity contribution in [2.45, 2.75) is 0 Å². The van der Waals surface area contributed by atoms with Gasteiger partial charge in [-0.2, -0.15) is 0 Å². The first-order valence-corrected chi connectivity index (χ1v) is 8.67. The van der Waals surface area contributed by atoms with Crippen LogP contribution >= 0.6 is 15.9 Å².